The Morgan fingerprint density at radius 1 is 0.421 bits per heavy atom. The molecule has 0 fully saturated rings. The molecule has 10 nitrogen and oxygen atoms in total. The summed E-state index contributed by atoms with van der Waals surface area (Å²) in [6, 6.07) is 72.7. The van der Waals surface area contributed by atoms with Crippen LogP contribution in [0.25, 0.3) is 55.9 Å². The normalized spacial score (nSPS) is 12.5. The summed E-state index contributed by atoms with van der Waals surface area (Å²) < 4.78 is 20.0. The van der Waals surface area contributed by atoms with Gasteiger partial charge in [0.25, 0.3) is 11.8 Å². The molecule has 0 saturated carbocycles. The third kappa shape index (κ3) is 11.3. The van der Waals surface area contributed by atoms with Crippen LogP contribution in [0.1, 0.15) is 32.1 Å². The second-order valence-electron chi connectivity index (χ2n) is 17.4. The summed E-state index contributed by atoms with van der Waals surface area (Å²) in [4.78, 5) is 27.7. The van der Waals surface area contributed by atoms with E-state index in [4.69, 9.17) is 36.0 Å². The maximum atomic E-state index is 14.1. The first-order chi connectivity index (χ1) is 36.8. The van der Waals surface area contributed by atoms with E-state index >= 15 is 0 Å². The van der Waals surface area contributed by atoms with Crippen molar-refractivity contribution in [2.75, 3.05) is 14.2 Å². The molecular weight excluding hydrogens is 979 g/mol. The van der Waals surface area contributed by atoms with Crippen molar-refractivity contribution in [3.05, 3.63) is 264 Å². The molecule has 12 rings (SSSR count). The van der Waals surface area contributed by atoms with Gasteiger partial charge in [-0.2, -0.15) is 19.6 Å². The van der Waals surface area contributed by atoms with Crippen molar-refractivity contribution in [1.29, 1.82) is 0 Å². The predicted molar refractivity (Wildman–Crippen MR) is 293 cm³/mol. The van der Waals surface area contributed by atoms with Gasteiger partial charge in [-0.3, -0.25) is 9.59 Å². The molecule has 10 aromatic rings. The molecule has 12 heteroatoms. The number of benzene rings is 8. The van der Waals surface area contributed by atoms with E-state index in [-0.39, 0.29) is 47.1 Å². The first-order valence-electron chi connectivity index (χ1n) is 24.2. The Kier molecular flexibility index (Phi) is 16.7. The molecule has 2 aromatic heterocycles. The van der Waals surface area contributed by atoms with Gasteiger partial charge in [0.15, 0.2) is 0 Å². The number of ether oxygens (including phenoxy) is 3. The van der Waals surface area contributed by atoms with E-state index in [1.165, 1.54) is 16.8 Å². The van der Waals surface area contributed by atoms with E-state index < -0.39 is 0 Å². The monoisotopic (exact) mass is 1030 g/mol. The number of methoxy groups -OCH3 is 2. The first-order valence-corrected chi connectivity index (χ1v) is 24.6. The molecule has 0 spiro atoms. The molecule has 0 saturated heterocycles. The van der Waals surface area contributed by atoms with Gasteiger partial charge in [-0.1, -0.05) is 206 Å². The smallest absolute Gasteiger partial charge is 0.872 e. The van der Waals surface area contributed by atoms with Gasteiger partial charge >= 0.3 is 29.6 Å². The van der Waals surface area contributed by atoms with E-state index in [0.29, 0.717) is 40.5 Å². The van der Waals surface area contributed by atoms with E-state index in [9.17, 15) is 14.7 Å². The SMILES string of the molecule is COc1ccc(C2=C(Cl)Cc3c(-c4ccccc4)c(-c4ccccc4)nn3C2=O)cc1.COc1ccc(C2=C(Oc3ccccc3)Cc3c(-c4ccccc4)c(-c4ccccc4)nn3C2=O)cc1.[Na+].[O-]c1ccccc1. The summed E-state index contributed by atoms with van der Waals surface area (Å²) in [6.45, 7) is 0. The Bertz CT molecular complexity index is 3660. The molecule has 0 amide bonds. The zero-order valence-electron chi connectivity index (χ0n) is 42.0. The first kappa shape index (κ1) is 52.4. The fraction of sp³-hybridized carbons (Fsp3) is 0.0625. The van der Waals surface area contributed by atoms with Crippen LogP contribution in [-0.4, -0.2) is 45.6 Å². The number of hydrogen-bond donors (Lipinski definition) is 0. The quantitative estimate of drug-likeness (QED) is 0.124. The molecule has 0 N–H and O–H groups in total. The number of nitrogens with zero attached hydrogens (tertiary/aromatic N) is 4. The number of fused-ring (bicyclic) bond motifs is 2. The number of halogens is 1. The second kappa shape index (κ2) is 24.2. The molecule has 0 radical (unpaired) electrons. The number of aromatic nitrogens is 4. The van der Waals surface area contributed by atoms with Crippen LogP contribution >= 0.6 is 11.6 Å². The van der Waals surface area contributed by atoms with Crippen LogP contribution in [0.3, 0.4) is 0 Å². The van der Waals surface area contributed by atoms with E-state index in [2.05, 4.69) is 12.1 Å². The van der Waals surface area contributed by atoms with Crippen molar-refractivity contribution in [1.82, 2.24) is 19.6 Å². The summed E-state index contributed by atoms with van der Waals surface area (Å²) in [5, 5.41) is 20.4. The number of allylic oxidation sites excluding steroid dienone is 4. The number of carbonyl (C=O) groups excluding carboxylic acids is 2. The summed E-state index contributed by atoms with van der Waals surface area (Å²) in [7, 11) is 3.23. The van der Waals surface area contributed by atoms with Crippen LogP contribution in [-0.2, 0) is 12.8 Å². The zero-order valence-corrected chi connectivity index (χ0v) is 44.7. The van der Waals surface area contributed by atoms with Crippen molar-refractivity contribution in [3.8, 4) is 67.8 Å². The number of para-hydroxylation sites is 2. The van der Waals surface area contributed by atoms with Crippen molar-refractivity contribution in [2.24, 2.45) is 0 Å². The molecule has 368 valence electrons. The summed E-state index contributed by atoms with van der Waals surface area (Å²) in [6.07, 6.45) is 0.838. The average Bonchev–Trinajstić information content (AvgIpc) is 4.07. The Balaban J connectivity index is 0.000000164. The fourth-order valence-corrected chi connectivity index (χ4v) is 9.44. The molecule has 0 bridgehead atoms. The Hall–Kier alpha value is -8.51. The Labute approximate surface area is 468 Å². The molecule has 8 aromatic carbocycles. The van der Waals surface area contributed by atoms with Crippen LogP contribution in [0.5, 0.6) is 23.0 Å². The van der Waals surface area contributed by atoms with Crippen LogP contribution in [0.2, 0.25) is 0 Å². The van der Waals surface area contributed by atoms with Gasteiger partial charge in [0.2, 0.25) is 0 Å². The number of rotatable bonds is 10. The van der Waals surface area contributed by atoms with E-state index in [1.54, 1.807) is 31.0 Å². The van der Waals surface area contributed by atoms with Gasteiger partial charge in [-0.25, -0.2) is 0 Å². The van der Waals surface area contributed by atoms with Gasteiger partial charge in [0.1, 0.15) is 34.4 Å². The maximum Gasteiger partial charge on any atom is 1.00 e. The van der Waals surface area contributed by atoms with Crippen molar-refractivity contribution >= 4 is 34.6 Å². The molecule has 2 aliphatic heterocycles. The molecule has 2 aliphatic rings. The molecule has 4 heterocycles. The van der Waals surface area contributed by atoms with E-state index in [1.807, 2.05) is 194 Å². The van der Waals surface area contributed by atoms with Crippen LogP contribution in [0, 0.1) is 0 Å². The summed E-state index contributed by atoms with van der Waals surface area (Å²) in [5.74, 6) is 2.33. The van der Waals surface area contributed by atoms with Gasteiger partial charge in [-0.05, 0) is 58.7 Å². The summed E-state index contributed by atoms with van der Waals surface area (Å²) >= 11 is 6.71. The average molecular weight is 1030 g/mol. The molecule has 0 aliphatic carbocycles. The number of carbonyl (C=O) groups is 2. The minimum absolute atomic E-state index is 0. The standard InChI is InChI=1S/C32H24N2O3.C26H19ClN2O2.C6H6O.Na/c1-36-25-19-17-23(18-20-25)30-28(37-26-15-9-4-10-16-26)21-27-29(22-11-5-2-6-12-22)31(33-34(27)32(30)35)24-13-7-3-8-14-24;1-31-20-14-12-18(13-15-20)23-21(27)16-22-24(17-8-4-2-5-9-17)25(28-29(22)26(23)30)19-10-6-3-7-11-19;7-6-4-2-1-3-5-6;/h2-20H,21H2,1H3;2-15H,16H2,1H3;1-5,7H;/q;;;+1/p-1. The predicted octanol–water partition coefficient (Wildman–Crippen LogP) is 10.7. The van der Waals surface area contributed by atoms with Gasteiger partial charge in [0, 0.05) is 40.1 Å². The molecule has 0 atom stereocenters. The van der Waals surface area contributed by atoms with Crippen molar-refractivity contribution in [2.45, 2.75) is 12.8 Å². The summed E-state index contributed by atoms with van der Waals surface area (Å²) in [5.41, 5.74) is 11.4. The third-order valence-corrected chi connectivity index (χ3v) is 13.0. The van der Waals surface area contributed by atoms with Crippen molar-refractivity contribution < 1.29 is 58.5 Å². The second-order valence-corrected chi connectivity index (χ2v) is 17.8. The van der Waals surface area contributed by atoms with Gasteiger partial charge in [-0.15, -0.1) is 5.75 Å². The van der Waals surface area contributed by atoms with Crippen LogP contribution in [0.15, 0.2) is 241 Å². The topological polar surface area (TPSA) is 121 Å². The van der Waals surface area contributed by atoms with Gasteiger partial charge < -0.3 is 19.3 Å². The van der Waals surface area contributed by atoms with Gasteiger partial charge in [0.05, 0.1) is 36.8 Å². The maximum absolute atomic E-state index is 14.1. The Morgan fingerprint density at radius 2 is 0.776 bits per heavy atom. The third-order valence-electron chi connectivity index (χ3n) is 12.7. The Morgan fingerprint density at radius 3 is 1.17 bits per heavy atom. The van der Waals surface area contributed by atoms with Crippen molar-refractivity contribution in [3.63, 3.8) is 0 Å². The van der Waals surface area contributed by atoms with Crippen LogP contribution < -0.4 is 48.9 Å². The largest absolute Gasteiger partial charge is 1.00 e. The minimum atomic E-state index is -0.226. The number of hydrogen-bond acceptors (Lipinski definition) is 8. The minimum Gasteiger partial charge on any atom is -0.872 e. The molecule has 76 heavy (non-hydrogen) atoms. The van der Waals surface area contributed by atoms with Crippen LogP contribution in [0.4, 0.5) is 0 Å². The fourth-order valence-electron chi connectivity index (χ4n) is 9.12. The zero-order chi connectivity index (χ0) is 51.7. The van der Waals surface area contributed by atoms with E-state index in [0.717, 1.165) is 78.8 Å². The molecule has 0 unspecified atom stereocenters. The molecular formula is C64H48ClN4NaO6.